The van der Waals surface area contributed by atoms with Gasteiger partial charge in [0.2, 0.25) is 0 Å². The number of rotatable bonds is 6. The van der Waals surface area contributed by atoms with E-state index >= 15 is 0 Å². The summed E-state index contributed by atoms with van der Waals surface area (Å²) in [4.78, 5) is 36.3. The third kappa shape index (κ3) is 4.79. The van der Waals surface area contributed by atoms with Crippen molar-refractivity contribution in [1.82, 2.24) is 0 Å². The molecule has 0 saturated heterocycles. The van der Waals surface area contributed by atoms with E-state index in [-0.39, 0.29) is 5.92 Å². The standard InChI is InChI=1S/C11H19NO6P2/c1-8(9-5-3-2-4-6-9)10(12)7-11(19(13,14)15)20(16,17)18/h2-6,8,10-11H,7,12H2,1H3,(H2,13,14,15)(H2,16,17,18). The van der Waals surface area contributed by atoms with Crippen LogP contribution in [0.15, 0.2) is 30.3 Å². The molecule has 0 aliphatic heterocycles. The number of hydrogen-bond acceptors (Lipinski definition) is 3. The highest BCUT2D eigenvalue weighted by atomic mass is 31.2. The van der Waals surface area contributed by atoms with Gasteiger partial charge >= 0.3 is 15.2 Å². The van der Waals surface area contributed by atoms with Gasteiger partial charge in [0.05, 0.1) is 0 Å². The van der Waals surface area contributed by atoms with Crippen LogP contribution in [-0.2, 0) is 9.13 Å². The van der Waals surface area contributed by atoms with Gasteiger partial charge in [-0.15, -0.1) is 0 Å². The van der Waals surface area contributed by atoms with Crippen molar-refractivity contribution in [2.24, 2.45) is 5.73 Å². The summed E-state index contributed by atoms with van der Waals surface area (Å²) in [5.74, 6) is -0.281. The Hall–Kier alpha value is -0.520. The van der Waals surface area contributed by atoms with Crippen LogP contribution in [-0.4, -0.2) is 31.0 Å². The third-order valence-electron chi connectivity index (χ3n) is 3.23. The zero-order chi connectivity index (χ0) is 15.6. The van der Waals surface area contributed by atoms with Crippen molar-refractivity contribution >= 4 is 15.2 Å². The maximum absolute atomic E-state index is 11.2. The molecule has 0 aliphatic carbocycles. The largest absolute Gasteiger partial charge is 0.340 e. The molecule has 2 unspecified atom stereocenters. The van der Waals surface area contributed by atoms with Crippen LogP contribution >= 0.6 is 15.2 Å². The molecular weight excluding hydrogens is 304 g/mol. The van der Waals surface area contributed by atoms with Crippen molar-refractivity contribution in [3.63, 3.8) is 0 Å². The van der Waals surface area contributed by atoms with E-state index in [9.17, 15) is 9.13 Å². The molecular formula is C11H19NO6P2. The number of hydrogen-bond donors (Lipinski definition) is 5. The van der Waals surface area contributed by atoms with Crippen LogP contribution < -0.4 is 5.73 Å². The van der Waals surface area contributed by atoms with Gasteiger partial charge in [-0.1, -0.05) is 37.3 Å². The first kappa shape index (κ1) is 17.5. The monoisotopic (exact) mass is 323 g/mol. The maximum Gasteiger partial charge on any atom is 0.340 e. The van der Waals surface area contributed by atoms with Gasteiger partial charge in [-0.25, -0.2) is 0 Å². The van der Waals surface area contributed by atoms with Crippen molar-refractivity contribution < 1.29 is 28.7 Å². The molecule has 1 rings (SSSR count). The molecule has 0 spiro atoms. The van der Waals surface area contributed by atoms with E-state index < -0.39 is 33.1 Å². The average molecular weight is 323 g/mol. The lowest BCUT2D eigenvalue weighted by atomic mass is 9.92. The van der Waals surface area contributed by atoms with Crippen LogP contribution in [0.1, 0.15) is 24.8 Å². The molecule has 114 valence electrons. The second kappa shape index (κ2) is 6.50. The molecule has 9 heteroatoms. The lowest BCUT2D eigenvalue weighted by molar-refractivity contribution is 0.329. The first-order valence-electron chi connectivity index (χ1n) is 5.94. The number of nitrogens with two attached hydrogens (primary N) is 1. The Morgan fingerprint density at radius 2 is 1.50 bits per heavy atom. The van der Waals surface area contributed by atoms with Crippen molar-refractivity contribution in [3.05, 3.63) is 35.9 Å². The molecule has 0 fully saturated rings. The van der Waals surface area contributed by atoms with Gasteiger partial charge in [0, 0.05) is 6.04 Å². The topological polar surface area (TPSA) is 141 Å². The molecule has 7 nitrogen and oxygen atoms in total. The normalized spacial score (nSPS) is 16.1. The van der Waals surface area contributed by atoms with Gasteiger partial charge in [0.15, 0.2) is 5.40 Å². The smallest absolute Gasteiger partial charge is 0.327 e. The van der Waals surface area contributed by atoms with Crippen LogP contribution in [0.3, 0.4) is 0 Å². The number of benzene rings is 1. The Balaban J connectivity index is 2.90. The second-order valence-corrected chi connectivity index (χ2v) is 8.77. The molecule has 0 radical (unpaired) electrons. The minimum Gasteiger partial charge on any atom is -0.327 e. The Morgan fingerprint density at radius 3 is 1.90 bits per heavy atom. The molecule has 0 bridgehead atoms. The van der Waals surface area contributed by atoms with Gasteiger partial charge in [0.25, 0.3) is 0 Å². The van der Waals surface area contributed by atoms with Crippen LogP contribution in [0.25, 0.3) is 0 Å². The van der Waals surface area contributed by atoms with E-state index in [1.54, 1.807) is 31.2 Å². The molecule has 0 amide bonds. The van der Waals surface area contributed by atoms with Gasteiger partial charge < -0.3 is 25.3 Å². The van der Waals surface area contributed by atoms with E-state index in [1.807, 2.05) is 6.07 Å². The van der Waals surface area contributed by atoms with Gasteiger partial charge in [-0.05, 0) is 17.9 Å². The van der Waals surface area contributed by atoms with Crippen LogP contribution in [0.4, 0.5) is 0 Å². The zero-order valence-corrected chi connectivity index (χ0v) is 12.7. The molecule has 1 aromatic rings. The van der Waals surface area contributed by atoms with E-state index in [0.717, 1.165) is 5.56 Å². The summed E-state index contributed by atoms with van der Waals surface area (Å²) < 4.78 is 22.4. The summed E-state index contributed by atoms with van der Waals surface area (Å²) >= 11 is 0. The SMILES string of the molecule is CC(c1ccccc1)C(N)CC(P(=O)(O)O)P(=O)(O)O. The predicted molar refractivity (Wildman–Crippen MR) is 75.3 cm³/mol. The zero-order valence-electron chi connectivity index (χ0n) is 10.9. The van der Waals surface area contributed by atoms with Gasteiger partial charge in [0.1, 0.15) is 0 Å². The van der Waals surface area contributed by atoms with Gasteiger partial charge in [-0.2, -0.15) is 0 Å². The molecule has 2 atom stereocenters. The second-order valence-electron chi connectivity index (χ2n) is 4.76. The first-order chi connectivity index (χ1) is 9.03. The Morgan fingerprint density at radius 1 is 1.05 bits per heavy atom. The van der Waals surface area contributed by atoms with Gasteiger partial charge in [-0.3, -0.25) is 9.13 Å². The highest BCUT2D eigenvalue weighted by Crippen LogP contribution is 2.61. The lowest BCUT2D eigenvalue weighted by Gasteiger charge is -2.26. The summed E-state index contributed by atoms with van der Waals surface area (Å²) in [5.41, 5.74) is 6.70. The fourth-order valence-corrected chi connectivity index (χ4v) is 4.53. The van der Waals surface area contributed by atoms with Crippen molar-refractivity contribution in [3.8, 4) is 0 Å². The third-order valence-corrected chi connectivity index (χ3v) is 7.01. The van der Waals surface area contributed by atoms with E-state index in [1.165, 1.54) is 0 Å². The maximum atomic E-state index is 11.2. The fraction of sp³-hybridized carbons (Fsp3) is 0.455. The molecule has 20 heavy (non-hydrogen) atoms. The average Bonchev–Trinajstić information content (AvgIpc) is 2.33. The summed E-state index contributed by atoms with van der Waals surface area (Å²) in [7, 11) is -9.85. The minimum absolute atomic E-state index is 0.281. The van der Waals surface area contributed by atoms with Crippen LogP contribution in [0.2, 0.25) is 0 Å². The van der Waals surface area contributed by atoms with Crippen molar-refractivity contribution in [2.45, 2.75) is 30.7 Å². The Kier molecular flexibility index (Phi) is 5.70. The minimum atomic E-state index is -4.93. The summed E-state index contributed by atoms with van der Waals surface area (Å²) in [6.07, 6.45) is -0.454. The predicted octanol–water partition coefficient (Wildman–Crippen LogP) is 1.19. The van der Waals surface area contributed by atoms with Crippen LogP contribution in [0, 0.1) is 0 Å². The summed E-state index contributed by atoms with van der Waals surface area (Å²) in [5, 5.41) is -2.06. The van der Waals surface area contributed by atoms with E-state index in [0.29, 0.717) is 0 Å². The van der Waals surface area contributed by atoms with E-state index in [2.05, 4.69) is 0 Å². The highest BCUT2D eigenvalue weighted by molar-refractivity contribution is 7.70. The summed E-state index contributed by atoms with van der Waals surface area (Å²) in [6, 6.07) is 8.23. The Labute approximate surface area is 117 Å². The van der Waals surface area contributed by atoms with Crippen molar-refractivity contribution in [2.75, 3.05) is 0 Å². The Bertz CT molecular complexity index is 503. The van der Waals surface area contributed by atoms with E-state index in [4.69, 9.17) is 25.3 Å². The highest BCUT2D eigenvalue weighted by Gasteiger charge is 2.44. The summed E-state index contributed by atoms with van der Waals surface area (Å²) in [6.45, 7) is 1.75. The quantitative estimate of drug-likeness (QED) is 0.495. The molecule has 1 aromatic carbocycles. The molecule has 0 aromatic heterocycles. The van der Waals surface area contributed by atoms with Crippen molar-refractivity contribution in [1.29, 1.82) is 0 Å². The fourth-order valence-electron chi connectivity index (χ4n) is 1.92. The molecule has 0 heterocycles. The molecule has 6 N–H and O–H groups in total. The van der Waals surface area contributed by atoms with Crippen LogP contribution in [0.5, 0.6) is 0 Å². The molecule has 0 saturated carbocycles. The lowest BCUT2D eigenvalue weighted by Crippen LogP contribution is -2.31. The molecule has 0 aliphatic rings. The first-order valence-corrected chi connectivity index (χ1v) is 9.30.